The number of sulfonamides is 1. The van der Waals surface area contributed by atoms with Gasteiger partial charge in [0.05, 0.1) is 4.90 Å². The second-order valence-electron chi connectivity index (χ2n) is 6.22. The molecule has 5 nitrogen and oxygen atoms in total. The van der Waals surface area contributed by atoms with Gasteiger partial charge in [-0.1, -0.05) is 24.6 Å². The number of amides is 1. The molecule has 1 amide bonds. The Morgan fingerprint density at radius 3 is 2.56 bits per heavy atom. The van der Waals surface area contributed by atoms with E-state index in [9.17, 15) is 13.2 Å². The number of nitrogens with zero attached hydrogens (tertiary/aromatic N) is 1. The normalized spacial score (nSPS) is 14.2. The van der Waals surface area contributed by atoms with Crippen molar-refractivity contribution in [3.8, 4) is 0 Å². The van der Waals surface area contributed by atoms with E-state index in [4.69, 9.17) is 0 Å². The largest absolute Gasteiger partial charge is 0.308 e. The number of rotatable bonds is 4. The minimum absolute atomic E-state index is 0.0998. The van der Waals surface area contributed by atoms with Gasteiger partial charge in [0.25, 0.3) is 5.91 Å². The average molecular weight is 358 g/mol. The van der Waals surface area contributed by atoms with Crippen LogP contribution in [0.5, 0.6) is 0 Å². The van der Waals surface area contributed by atoms with Crippen LogP contribution >= 0.6 is 0 Å². The molecule has 0 bridgehead atoms. The van der Waals surface area contributed by atoms with Gasteiger partial charge in [-0.3, -0.25) is 4.79 Å². The second-order valence-corrected chi connectivity index (χ2v) is 7.99. The topological polar surface area (TPSA) is 66.5 Å². The maximum Gasteiger partial charge on any atom is 0.258 e. The molecule has 0 aliphatic carbocycles. The van der Waals surface area contributed by atoms with Gasteiger partial charge < -0.3 is 4.90 Å². The summed E-state index contributed by atoms with van der Waals surface area (Å²) in [5.74, 6) is -0.0998. The van der Waals surface area contributed by atoms with E-state index in [0.29, 0.717) is 18.7 Å². The van der Waals surface area contributed by atoms with Crippen LogP contribution in [0.1, 0.15) is 34.8 Å². The molecule has 0 fully saturated rings. The Morgan fingerprint density at radius 1 is 1.16 bits per heavy atom. The monoisotopic (exact) mass is 358 g/mol. The highest BCUT2D eigenvalue weighted by atomic mass is 32.2. The number of carbonyl (C=O) groups excluding carboxylic acids is 1. The number of anilines is 1. The molecule has 25 heavy (non-hydrogen) atoms. The highest BCUT2D eigenvalue weighted by Gasteiger charge is 2.24. The number of hydrogen-bond donors (Lipinski definition) is 1. The number of nitrogens with one attached hydrogen (secondary N) is 1. The van der Waals surface area contributed by atoms with Crippen molar-refractivity contribution >= 4 is 21.6 Å². The lowest BCUT2D eigenvalue weighted by atomic mass is 9.99. The van der Waals surface area contributed by atoms with Crippen molar-refractivity contribution in [3.63, 3.8) is 0 Å². The molecule has 0 aromatic heterocycles. The van der Waals surface area contributed by atoms with Gasteiger partial charge in [0.2, 0.25) is 10.0 Å². The molecule has 0 radical (unpaired) electrons. The minimum Gasteiger partial charge on any atom is -0.308 e. The zero-order valence-electron chi connectivity index (χ0n) is 14.5. The van der Waals surface area contributed by atoms with Crippen molar-refractivity contribution in [3.05, 3.63) is 59.2 Å². The molecule has 1 aliphatic rings. The van der Waals surface area contributed by atoms with Crippen LogP contribution in [0.4, 0.5) is 5.69 Å². The molecule has 1 aliphatic heterocycles. The molecule has 0 saturated carbocycles. The van der Waals surface area contributed by atoms with Crippen molar-refractivity contribution in [1.29, 1.82) is 0 Å². The van der Waals surface area contributed by atoms with E-state index in [1.165, 1.54) is 23.3 Å². The first-order valence-corrected chi connectivity index (χ1v) is 9.92. The molecule has 132 valence electrons. The van der Waals surface area contributed by atoms with Gasteiger partial charge in [0.1, 0.15) is 0 Å². The molecule has 0 atom stereocenters. The molecule has 2 aromatic rings. The summed E-state index contributed by atoms with van der Waals surface area (Å²) in [7, 11) is -3.51. The van der Waals surface area contributed by atoms with Gasteiger partial charge in [0, 0.05) is 24.3 Å². The lowest BCUT2D eigenvalue weighted by molar-refractivity contribution is 0.0985. The summed E-state index contributed by atoms with van der Waals surface area (Å²) < 4.78 is 26.5. The molecule has 0 unspecified atom stereocenters. The molecule has 1 N–H and O–H groups in total. The lowest BCUT2D eigenvalue weighted by Gasteiger charge is -2.30. The molecular formula is C19H22N2O3S. The van der Waals surface area contributed by atoms with Crippen molar-refractivity contribution < 1.29 is 13.2 Å². The van der Waals surface area contributed by atoms with E-state index in [2.05, 4.69) is 10.8 Å². The number of aryl methyl sites for hydroxylation is 2. The van der Waals surface area contributed by atoms with E-state index in [1.807, 2.05) is 19.1 Å². The third-order valence-corrected chi connectivity index (χ3v) is 5.91. The van der Waals surface area contributed by atoms with Crippen LogP contribution in [0.25, 0.3) is 0 Å². The fourth-order valence-electron chi connectivity index (χ4n) is 3.14. The maximum absolute atomic E-state index is 12.9. The molecular weight excluding hydrogens is 336 g/mol. The van der Waals surface area contributed by atoms with E-state index >= 15 is 0 Å². The van der Waals surface area contributed by atoms with Crippen molar-refractivity contribution in [1.82, 2.24) is 4.72 Å². The smallest absolute Gasteiger partial charge is 0.258 e. The van der Waals surface area contributed by atoms with Crippen LogP contribution in [0.2, 0.25) is 0 Å². The van der Waals surface area contributed by atoms with E-state index in [1.54, 1.807) is 24.0 Å². The first-order chi connectivity index (χ1) is 11.9. The SMILES string of the molecule is CCNS(=O)(=O)c1ccc(C(=O)N2CCCc3cc(C)ccc32)cc1. The van der Waals surface area contributed by atoms with E-state index < -0.39 is 10.0 Å². The van der Waals surface area contributed by atoms with Crippen LogP contribution in [0.15, 0.2) is 47.4 Å². The fourth-order valence-corrected chi connectivity index (χ4v) is 4.18. The Balaban J connectivity index is 1.88. The second kappa shape index (κ2) is 6.98. The Hall–Kier alpha value is -2.18. The third kappa shape index (κ3) is 3.60. The lowest BCUT2D eigenvalue weighted by Crippen LogP contribution is -2.35. The zero-order valence-corrected chi connectivity index (χ0v) is 15.3. The number of fused-ring (bicyclic) bond motifs is 1. The fraction of sp³-hybridized carbons (Fsp3) is 0.316. The summed E-state index contributed by atoms with van der Waals surface area (Å²) in [6.45, 7) is 4.77. The summed E-state index contributed by atoms with van der Waals surface area (Å²) in [6, 6.07) is 12.2. The number of benzene rings is 2. The Labute approximate surface area is 148 Å². The number of carbonyl (C=O) groups is 1. The van der Waals surface area contributed by atoms with Crippen LogP contribution < -0.4 is 9.62 Å². The number of hydrogen-bond acceptors (Lipinski definition) is 3. The van der Waals surface area contributed by atoms with Gasteiger partial charge in [-0.15, -0.1) is 0 Å². The van der Waals surface area contributed by atoms with Crippen LogP contribution in [0.3, 0.4) is 0 Å². The van der Waals surface area contributed by atoms with Crippen LogP contribution in [-0.2, 0) is 16.4 Å². The van der Waals surface area contributed by atoms with Gasteiger partial charge >= 0.3 is 0 Å². The summed E-state index contributed by atoms with van der Waals surface area (Å²) in [5, 5.41) is 0. The first-order valence-electron chi connectivity index (χ1n) is 8.43. The van der Waals surface area contributed by atoms with E-state index in [-0.39, 0.29) is 10.8 Å². The zero-order chi connectivity index (χ0) is 18.0. The van der Waals surface area contributed by atoms with Gasteiger partial charge in [-0.05, 0) is 55.7 Å². The minimum atomic E-state index is -3.51. The molecule has 6 heteroatoms. The molecule has 3 rings (SSSR count). The predicted molar refractivity (Wildman–Crippen MR) is 98.5 cm³/mol. The Kier molecular flexibility index (Phi) is 4.92. The van der Waals surface area contributed by atoms with Crippen molar-refractivity contribution in [2.75, 3.05) is 18.0 Å². The summed E-state index contributed by atoms with van der Waals surface area (Å²) in [4.78, 5) is 14.8. The predicted octanol–water partition coefficient (Wildman–Crippen LogP) is 2.89. The molecule has 2 aromatic carbocycles. The van der Waals surface area contributed by atoms with Crippen LogP contribution in [-0.4, -0.2) is 27.4 Å². The molecule has 0 saturated heterocycles. The average Bonchev–Trinajstić information content (AvgIpc) is 2.60. The maximum atomic E-state index is 12.9. The Morgan fingerprint density at radius 2 is 1.88 bits per heavy atom. The van der Waals surface area contributed by atoms with Crippen LogP contribution in [0, 0.1) is 6.92 Å². The third-order valence-electron chi connectivity index (χ3n) is 4.34. The summed E-state index contributed by atoms with van der Waals surface area (Å²) in [6.07, 6.45) is 1.90. The summed E-state index contributed by atoms with van der Waals surface area (Å²) in [5.41, 5.74) is 3.81. The molecule has 1 heterocycles. The standard InChI is InChI=1S/C19H22N2O3S/c1-3-20-25(23,24)17-9-7-15(8-10-17)19(22)21-12-4-5-16-13-14(2)6-11-18(16)21/h6-11,13,20H,3-5,12H2,1-2H3. The van der Waals surface area contributed by atoms with E-state index in [0.717, 1.165) is 18.5 Å². The highest BCUT2D eigenvalue weighted by molar-refractivity contribution is 7.89. The summed E-state index contributed by atoms with van der Waals surface area (Å²) >= 11 is 0. The van der Waals surface area contributed by atoms with Gasteiger partial charge in [-0.2, -0.15) is 0 Å². The van der Waals surface area contributed by atoms with Crippen molar-refractivity contribution in [2.24, 2.45) is 0 Å². The van der Waals surface area contributed by atoms with Gasteiger partial charge in [-0.25, -0.2) is 13.1 Å². The Bertz CT molecular complexity index is 889. The highest BCUT2D eigenvalue weighted by Crippen LogP contribution is 2.29. The van der Waals surface area contributed by atoms with Crippen molar-refractivity contribution in [2.45, 2.75) is 31.6 Å². The molecule has 0 spiro atoms. The quantitative estimate of drug-likeness (QED) is 0.914. The van der Waals surface area contributed by atoms with Gasteiger partial charge in [0.15, 0.2) is 0 Å². The first kappa shape index (κ1) is 17.6.